The molecule has 0 aromatic heterocycles. The zero-order valence-electron chi connectivity index (χ0n) is 12.2. The van der Waals surface area contributed by atoms with Crippen LogP contribution in [0.4, 0.5) is 0 Å². The molecule has 1 atom stereocenters. The van der Waals surface area contributed by atoms with Crippen LogP contribution in [0.25, 0.3) is 0 Å². The Morgan fingerprint density at radius 2 is 2.05 bits per heavy atom. The molecule has 1 N–H and O–H groups in total. The van der Waals surface area contributed by atoms with E-state index in [2.05, 4.69) is 6.58 Å². The maximum atomic E-state index is 12.4. The topological polar surface area (TPSA) is 60.9 Å². The normalized spacial score (nSPS) is 19.3. The van der Waals surface area contributed by atoms with Gasteiger partial charge in [0, 0.05) is 25.2 Å². The zero-order chi connectivity index (χ0) is 15.4. The van der Waals surface area contributed by atoms with E-state index in [1.807, 2.05) is 19.1 Å². The number of carbonyl (C=O) groups excluding carboxylic acids is 2. The summed E-state index contributed by atoms with van der Waals surface area (Å²) in [5.74, 6) is -0.408. The van der Waals surface area contributed by atoms with Gasteiger partial charge in [-0.1, -0.05) is 23.8 Å². The largest absolute Gasteiger partial charge is 0.389 e. The van der Waals surface area contributed by atoms with Gasteiger partial charge in [0.25, 0.3) is 5.91 Å². The van der Waals surface area contributed by atoms with E-state index >= 15 is 0 Å². The van der Waals surface area contributed by atoms with Crippen LogP contribution in [0.15, 0.2) is 36.9 Å². The maximum Gasteiger partial charge on any atom is 0.254 e. The van der Waals surface area contributed by atoms with Crippen LogP contribution in [0, 0.1) is 6.92 Å². The molecule has 1 aromatic carbocycles. The van der Waals surface area contributed by atoms with Crippen LogP contribution in [0.5, 0.6) is 0 Å². The Labute approximate surface area is 124 Å². The number of aliphatic hydroxyl groups is 1. The maximum absolute atomic E-state index is 12.4. The Balaban J connectivity index is 2.15. The molecule has 1 aliphatic rings. The summed E-state index contributed by atoms with van der Waals surface area (Å²) in [5.41, 5.74) is 1.59. The molecule has 112 valence electrons. The van der Waals surface area contributed by atoms with E-state index in [1.54, 1.807) is 18.2 Å². The van der Waals surface area contributed by atoms with Crippen LogP contribution in [0.2, 0.25) is 0 Å². The molecule has 0 saturated carbocycles. The van der Waals surface area contributed by atoms with Crippen molar-refractivity contribution in [2.45, 2.75) is 13.0 Å². The molecule has 0 bridgehead atoms. The summed E-state index contributed by atoms with van der Waals surface area (Å²) in [6, 6.07) is 7.18. The molecule has 1 aliphatic heterocycles. The van der Waals surface area contributed by atoms with Crippen molar-refractivity contribution in [2.75, 3.05) is 26.2 Å². The standard InChI is InChI=1S/C16H20N2O3/c1-3-8-17-9-14(19)10-18(11-15(17)20)16(21)13-6-4-12(2)5-7-13/h3-7,14,19H,1,8-11H2,2H3. The highest BCUT2D eigenvalue weighted by Crippen LogP contribution is 2.11. The highest BCUT2D eigenvalue weighted by Gasteiger charge is 2.29. The fraction of sp³-hybridized carbons (Fsp3) is 0.375. The van der Waals surface area contributed by atoms with Crippen molar-refractivity contribution in [1.82, 2.24) is 9.80 Å². The van der Waals surface area contributed by atoms with Crippen LogP contribution in [0.1, 0.15) is 15.9 Å². The van der Waals surface area contributed by atoms with E-state index in [9.17, 15) is 14.7 Å². The number of rotatable bonds is 3. The molecule has 5 nitrogen and oxygen atoms in total. The Morgan fingerprint density at radius 1 is 1.38 bits per heavy atom. The van der Waals surface area contributed by atoms with Gasteiger partial charge in [-0.05, 0) is 19.1 Å². The van der Waals surface area contributed by atoms with Gasteiger partial charge in [0.15, 0.2) is 0 Å². The highest BCUT2D eigenvalue weighted by atomic mass is 16.3. The predicted molar refractivity (Wildman–Crippen MR) is 79.9 cm³/mol. The fourth-order valence-corrected chi connectivity index (χ4v) is 2.36. The Hall–Kier alpha value is -2.14. The first kappa shape index (κ1) is 15.3. The number of β-amino-alcohol motifs (C(OH)–C–C–N with tert-alkyl or cyclic N) is 1. The minimum absolute atomic E-state index is 0.0163. The van der Waals surface area contributed by atoms with Crippen molar-refractivity contribution < 1.29 is 14.7 Å². The highest BCUT2D eigenvalue weighted by molar-refractivity contribution is 5.96. The number of hydrogen-bond donors (Lipinski definition) is 1. The number of aliphatic hydroxyl groups excluding tert-OH is 1. The van der Waals surface area contributed by atoms with Crippen LogP contribution in [0.3, 0.4) is 0 Å². The number of hydrogen-bond acceptors (Lipinski definition) is 3. The number of amides is 2. The molecule has 21 heavy (non-hydrogen) atoms. The van der Waals surface area contributed by atoms with Crippen molar-refractivity contribution in [3.8, 4) is 0 Å². The first-order valence-electron chi connectivity index (χ1n) is 6.94. The second kappa shape index (κ2) is 6.54. The quantitative estimate of drug-likeness (QED) is 0.838. The Kier molecular flexibility index (Phi) is 4.75. The fourth-order valence-electron chi connectivity index (χ4n) is 2.36. The lowest BCUT2D eigenvalue weighted by atomic mass is 10.1. The summed E-state index contributed by atoms with van der Waals surface area (Å²) in [4.78, 5) is 27.5. The van der Waals surface area contributed by atoms with Crippen LogP contribution < -0.4 is 0 Å². The number of nitrogens with zero attached hydrogens (tertiary/aromatic N) is 2. The van der Waals surface area contributed by atoms with Gasteiger partial charge >= 0.3 is 0 Å². The SMILES string of the molecule is C=CCN1CC(O)CN(C(=O)c2ccc(C)cc2)CC1=O. The molecular formula is C16H20N2O3. The first-order valence-corrected chi connectivity index (χ1v) is 6.94. The van der Waals surface area contributed by atoms with E-state index in [0.717, 1.165) is 5.56 Å². The third-order valence-corrected chi connectivity index (χ3v) is 3.48. The van der Waals surface area contributed by atoms with E-state index < -0.39 is 6.10 Å². The molecule has 0 radical (unpaired) electrons. The molecule has 5 heteroatoms. The van der Waals surface area contributed by atoms with Gasteiger partial charge in [-0.3, -0.25) is 9.59 Å². The summed E-state index contributed by atoms with van der Waals surface area (Å²) >= 11 is 0. The van der Waals surface area contributed by atoms with Crippen molar-refractivity contribution in [3.05, 3.63) is 48.0 Å². The lowest BCUT2D eigenvalue weighted by Gasteiger charge is -2.21. The Bertz CT molecular complexity index is 539. The third kappa shape index (κ3) is 3.70. The van der Waals surface area contributed by atoms with Crippen molar-refractivity contribution in [2.24, 2.45) is 0 Å². The molecule has 2 rings (SSSR count). The molecular weight excluding hydrogens is 268 g/mol. The zero-order valence-corrected chi connectivity index (χ0v) is 12.2. The van der Waals surface area contributed by atoms with Gasteiger partial charge in [0.1, 0.15) is 6.54 Å². The average molecular weight is 288 g/mol. The minimum Gasteiger partial charge on any atom is -0.389 e. The number of carbonyl (C=O) groups is 2. The predicted octanol–water partition coefficient (Wildman–Crippen LogP) is 0.826. The number of benzene rings is 1. The van der Waals surface area contributed by atoms with Crippen molar-refractivity contribution in [1.29, 1.82) is 0 Å². The smallest absolute Gasteiger partial charge is 0.254 e. The summed E-state index contributed by atoms with van der Waals surface area (Å²) in [6.45, 7) is 6.29. The molecule has 1 fully saturated rings. The number of aryl methyl sites for hydroxylation is 1. The van der Waals surface area contributed by atoms with Crippen LogP contribution in [-0.2, 0) is 4.79 Å². The molecule has 0 aliphatic carbocycles. The molecule has 2 amide bonds. The lowest BCUT2D eigenvalue weighted by molar-refractivity contribution is -0.130. The molecule has 0 spiro atoms. The monoisotopic (exact) mass is 288 g/mol. The summed E-state index contributed by atoms with van der Waals surface area (Å²) in [5, 5.41) is 9.99. The van der Waals surface area contributed by atoms with Gasteiger partial charge in [-0.25, -0.2) is 0 Å². The average Bonchev–Trinajstić information content (AvgIpc) is 2.59. The van der Waals surface area contributed by atoms with Gasteiger partial charge in [0.05, 0.1) is 6.10 Å². The summed E-state index contributed by atoms with van der Waals surface area (Å²) in [6.07, 6.45) is 0.869. The second-order valence-electron chi connectivity index (χ2n) is 5.29. The van der Waals surface area contributed by atoms with Gasteiger partial charge in [-0.2, -0.15) is 0 Å². The molecule has 1 heterocycles. The van der Waals surface area contributed by atoms with Crippen LogP contribution in [-0.4, -0.2) is 59.0 Å². The molecule has 1 saturated heterocycles. The van der Waals surface area contributed by atoms with E-state index in [-0.39, 0.29) is 31.4 Å². The summed E-state index contributed by atoms with van der Waals surface area (Å²) < 4.78 is 0. The van der Waals surface area contributed by atoms with Gasteiger partial charge < -0.3 is 14.9 Å². The Morgan fingerprint density at radius 3 is 2.67 bits per heavy atom. The third-order valence-electron chi connectivity index (χ3n) is 3.48. The lowest BCUT2D eigenvalue weighted by Crippen LogP contribution is -2.39. The molecule has 1 unspecified atom stereocenters. The van der Waals surface area contributed by atoms with E-state index in [0.29, 0.717) is 12.1 Å². The second-order valence-corrected chi connectivity index (χ2v) is 5.29. The van der Waals surface area contributed by atoms with E-state index in [4.69, 9.17) is 0 Å². The van der Waals surface area contributed by atoms with Gasteiger partial charge in [0.2, 0.25) is 5.91 Å². The summed E-state index contributed by atoms with van der Waals surface area (Å²) in [7, 11) is 0. The van der Waals surface area contributed by atoms with Gasteiger partial charge in [-0.15, -0.1) is 6.58 Å². The van der Waals surface area contributed by atoms with Crippen LogP contribution >= 0.6 is 0 Å². The van der Waals surface area contributed by atoms with Crippen molar-refractivity contribution >= 4 is 11.8 Å². The minimum atomic E-state index is -0.745. The first-order chi connectivity index (χ1) is 10.0. The van der Waals surface area contributed by atoms with E-state index in [1.165, 1.54) is 9.80 Å². The molecule has 1 aromatic rings. The van der Waals surface area contributed by atoms with Crippen molar-refractivity contribution in [3.63, 3.8) is 0 Å².